The summed E-state index contributed by atoms with van der Waals surface area (Å²) in [6.07, 6.45) is 1.07. The van der Waals surface area contributed by atoms with Crippen molar-refractivity contribution in [2.24, 2.45) is 0 Å². The van der Waals surface area contributed by atoms with E-state index in [4.69, 9.17) is 19.6 Å². The standard InChI is InChI=1S/C10H23NO7P2/c1-8-4-5-9(2,3)11(8)7-6-10(12,19(13,14)15)20(16,17)18/h8,12H,4-7H2,1-3H3,(H2,13,14,15)(H2,16,17,18). The monoisotopic (exact) mass is 331 g/mol. The van der Waals surface area contributed by atoms with Crippen molar-refractivity contribution in [3.05, 3.63) is 0 Å². The number of nitrogens with zero attached hydrogens (tertiary/aromatic N) is 1. The van der Waals surface area contributed by atoms with Crippen LogP contribution in [0.25, 0.3) is 0 Å². The van der Waals surface area contributed by atoms with Crippen molar-refractivity contribution in [3.8, 4) is 0 Å². The average molecular weight is 331 g/mol. The zero-order chi connectivity index (χ0) is 16.0. The maximum Gasteiger partial charge on any atom is 0.369 e. The molecule has 0 amide bonds. The van der Waals surface area contributed by atoms with E-state index in [0.717, 1.165) is 12.8 Å². The van der Waals surface area contributed by atoms with Gasteiger partial charge in [0.2, 0.25) is 0 Å². The van der Waals surface area contributed by atoms with Crippen molar-refractivity contribution >= 4 is 15.2 Å². The average Bonchev–Trinajstić information content (AvgIpc) is 2.47. The van der Waals surface area contributed by atoms with Crippen molar-refractivity contribution in [2.75, 3.05) is 6.54 Å². The van der Waals surface area contributed by atoms with Gasteiger partial charge in [0.05, 0.1) is 0 Å². The summed E-state index contributed by atoms with van der Waals surface area (Å²) < 4.78 is 22.6. The van der Waals surface area contributed by atoms with E-state index in [1.165, 1.54) is 0 Å². The second-order valence-corrected chi connectivity index (χ2v) is 10.0. The summed E-state index contributed by atoms with van der Waals surface area (Å²) in [5.74, 6) is 0. The SMILES string of the molecule is CC1CCC(C)(C)N1CCC(O)(P(=O)(O)O)P(=O)(O)O. The van der Waals surface area contributed by atoms with Crippen LogP contribution in [0.4, 0.5) is 0 Å². The lowest BCUT2D eigenvalue weighted by Crippen LogP contribution is -2.45. The molecular weight excluding hydrogens is 308 g/mol. The van der Waals surface area contributed by atoms with Gasteiger partial charge in [0, 0.05) is 24.5 Å². The number of likely N-dealkylation sites (tertiary alicyclic amines) is 1. The highest BCUT2D eigenvalue weighted by atomic mass is 31.2. The molecule has 1 unspecified atom stereocenters. The maximum atomic E-state index is 11.3. The van der Waals surface area contributed by atoms with E-state index in [0.29, 0.717) is 0 Å². The van der Waals surface area contributed by atoms with Crippen LogP contribution < -0.4 is 0 Å². The van der Waals surface area contributed by atoms with Gasteiger partial charge in [0.15, 0.2) is 0 Å². The third-order valence-corrected chi connectivity index (χ3v) is 7.98. The number of hydrogen-bond donors (Lipinski definition) is 5. The fraction of sp³-hybridized carbons (Fsp3) is 1.00. The molecule has 5 N–H and O–H groups in total. The molecule has 0 spiro atoms. The molecule has 1 atom stereocenters. The van der Waals surface area contributed by atoms with Gasteiger partial charge < -0.3 is 24.7 Å². The Morgan fingerprint density at radius 2 is 1.65 bits per heavy atom. The quantitative estimate of drug-likeness (QED) is 0.463. The van der Waals surface area contributed by atoms with E-state index >= 15 is 0 Å². The van der Waals surface area contributed by atoms with Crippen LogP contribution in [0.2, 0.25) is 0 Å². The molecule has 0 saturated carbocycles. The largest absolute Gasteiger partial charge is 0.369 e. The van der Waals surface area contributed by atoms with E-state index in [1.54, 1.807) is 0 Å². The second-order valence-electron chi connectivity index (χ2n) is 6.01. The number of aliphatic hydroxyl groups is 1. The van der Waals surface area contributed by atoms with E-state index in [1.807, 2.05) is 25.7 Å². The van der Waals surface area contributed by atoms with Gasteiger partial charge in [-0.25, -0.2) is 0 Å². The first-order valence-corrected chi connectivity index (χ1v) is 9.55. The van der Waals surface area contributed by atoms with Gasteiger partial charge >= 0.3 is 15.2 Å². The Morgan fingerprint density at radius 1 is 1.20 bits per heavy atom. The molecule has 1 fully saturated rings. The molecule has 0 aromatic heterocycles. The summed E-state index contributed by atoms with van der Waals surface area (Å²) in [4.78, 5) is 38.3. The Balaban J connectivity index is 2.95. The molecule has 1 rings (SSSR count). The van der Waals surface area contributed by atoms with Crippen LogP contribution in [0, 0.1) is 0 Å². The molecular formula is C10H23NO7P2. The van der Waals surface area contributed by atoms with Gasteiger partial charge in [0.25, 0.3) is 5.08 Å². The Hall–Kier alpha value is 0.220. The first kappa shape index (κ1) is 18.3. The van der Waals surface area contributed by atoms with E-state index in [9.17, 15) is 14.2 Å². The van der Waals surface area contributed by atoms with Gasteiger partial charge in [-0.3, -0.25) is 14.0 Å². The molecule has 120 valence electrons. The van der Waals surface area contributed by atoms with Gasteiger partial charge in [-0.1, -0.05) is 0 Å². The minimum absolute atomic E-state index is 0.000880. The predicted molar refractivity (Wildman–Crippen MR) is 73.1 cm³/mol. The number of rotatable bonds is 5. The van der Waals surface area contributed by atoms with Gasteiger partial charge in [-0.2, -0.15) is 0 Å². The zero-order valence-corrected chi connectivity index (χ0v) is 13.6. The highest BCUT2D eigenvalue weighted by Gasteiger charge is 2.59. The number of hydrogen-bond acceptors (Lipinski definition) is 4. The Morgan fingerprint density at radius 3 is 1.95 bits per heavy atom. The maximum absolute atomic E-state index is 11.3. The summed E-state index contributed by atoms with van der Waals surface area (Å²) in [5.41, 5.74) is -0.232. The molecule has 10 heteroatoms. The van der Waals surface area contributed by atoms with Crippen LogP contribution in [0.5, 0.6) is 0 Å². The predicted octanol–water partition coefficient (Wildman–Crippen LogP) is 0.641. The molecule has 0 bridgehead atoms. The molecule has 0 aliphatic carbocycles. The molecule has 8 nitrogen and oxygen atoms in total. The molecule has 1 aliphatic heterocycles. The van der Waals surface area contributed by atoms with Crippen molar-refractivity contribution in [1.82, 2.24) is 4.90 Å². The molecule has 1 heterocycles. The highest BCUT2D eigenvalue weighted by molar-refractivity contribution is 7.72. The third-order valence-electron chi connectivity index (χ3n) is 4.10. The third kappa shape index (κ3) is 3.34. The van der Waals surface area contributed by atoms with Crippen LogP contribution in [0.1, 0.15) is 40.0 Å². The lowest BCUT2D eigenvalue weighted by atomic mass is 10.0. The van der Waals surface area contributed by atoms with E-state index < -0.39 is 26.7 Å². The van der Waals surface area contributed by atoms with Crippen LogP contribution in [-0.2, 0) is 9.13 Å². The van der Waals surface area contributed by atoms with E-state index in [-0.39, 0.29) is 18.1 Å². The first-order chi connectivity index (χ1) is 8.72. The van der Waals surface area contributed by atoms with Gasteiger partial charge in [-0.15, -0.1) is 0 Å². The molecule has 0 radical (unpaired) electrons. The van der Waals surface area contributed by atoms with Crippen molar-refractivity contribution in [2.45, 2.75) is 56.7 Å². The summed E-state index contributed by atoms with van der Waals surface area (Å²) in [5, 5.41) is 6.53. The molecule has 20 heavy (non-hydrogen) atoms. The summed E-state index contributed by atoms with van der Waals surface area (Å²) in [7, 11) is -10.7. The Kier molecular flexibility index (Phi) is 4.98. The summed E-state index contributed by atoms with van der Waals surface area (Å²) in [6.45, 7) is 5.83. The summed E-state index contributed by atoms with van der Waals surface area (Å²) >= 11 is 0. The normalized spacial score (nSPS) is 25.1. The molecule has 1 aliphatic rings. The smallest absolute Gasteiger partial charge is 0.367 e. The Bertz CT molecular complexity index is 433. The van der Waals surface area contributed by atoms with Crippen LogP contribution >= 0.6 is 15.2 Å². The fourth-order valence-corrected chi connectivity index (χ4v) is 4.85. The molecule has 0 aromatic rings. The zero-order valence-electron chi connectivity index (χ0n) is 11.8. The first-order valence-electron chi connectivity index (χ1n) is 6.33. The van der Waals surface area contributed by atoms with Gasteiger partial charge in [-0.05, 0) is 33.6 Å². The topological polar surface area (TPSA) is 139 Å². The Labute approximate surface area is 118 Å². The van der Waals surface area contributed by atoms with Crippen molar-refractivity contribution < 1.29 is 33.8 Å². The lowest BCUT2D eigenvalue weighted by molar-refractivity contribution is 0.0794. The molecule has 1 saturated heterocycles. The summed E-state index contributed by atoms with van der Waals surface area (Å²) in [6, 6.07) is 0.128. The highest BCUT2D eigenvalue weighted by Crippen LogP contribution is 2.69. The molecule has 0 aromatic carbocycles. The van der Waals surface area contributed by atoms with Crippen molar-refractivity contribution in [1.29, 1.82) is 0 Å². The minimum Gasteiger partial charge on any atom is -0.367 e. The van der Waals surface area contributed by atoms with Gasteiger partial charge in [0.1, 0.15) is 0 Å². The van der Waals surface area contributed by atoms with Crippen LogP contribution in [0.3, 0.4) is 0 Å². The minimum atomic E-state index is -5.36. The fourth-order valence-electron chi connectivity index (χ4n) is 2.71. The van der Waals surface area contributed by atoms with E-state index in [2.05, 4.69) is 0 Å². The lowest BCUT2D eigenvalue weighted by Gasteiger charge is -2.37. The van der Waals surface area contributed by atoms with Crippen molar-refractivity contribution in [3.63, 3.8) is 0 Å². The second kappa shape index (κ2) is 5.45. The van der Waals surface area contributed by atoms with Crippen LogP contribution in [0.15, 0.2) is 0 Å². The van der Waals surface area contributed by atoms with Crippen LogP contribution in [-0.4, -0.2) is 52.8 Å².